The molecule has 0 unspecified atom stereocenters. The van der Waals surface area contributed by atoms with Crippen molar-refractivity contribution in [1.82, 2.24) is 0 Å². The van der Waals surface area contributed by atoms with Crippen LogP contribution in [0.3, 0.4) is 0 Å². The highest BCUT2D eigenvalue weighted by atomic mass is 16.7. The molecule has 3 saturated heterocycles. The van der Waals surface area contributed by atoms with Crippen molar-refractivity contribution in [2.45, 2.75) is 110 Å². The molecule has 0 saturated carbocycles. The van der Waals surface area contributed by atoms with Crippen molar-refractivity contribution in [3.8, 4) is 0 Å². The van der Waals surface area contributed by atoms with Gasteiger partial charge >= 0.3 is 0 Å². The predicted octanol–water partition coefficient (Wildman–Crippen LogP) is -11.2. The molecule has 0 aromatic heterocycles. The van der Waals surface area contributed by atoms with Crippen LogP contribution in [0.15, 0.2) is 0 Å². The van der Waals surface area contributed by atoms with E-state index in [1.54, 1.807) is 0 Å². The van der Waals surface area contributed by atoms with E-state index >= 15 is 0 Å². The molecule has 3 rings (SSSR count). The van der Waals surface area contributed by atoms with Gasteiger partial charge in [-0.25, -0.2) is 0 Å². The number of aliphatic hydroxyl groups is 17. The summed E-state index contributed by atoms with van der Waals surface area (Å²) in [6, 6.07) is 0. The van der Waals surface area contributed by atoms with Gasteiger partial charge in [-0.05, 0) is 0 Å². The van der Waals surface area contributed by atoms with Gasteiger partial charge in [0.2, 0.25) is 5.79 Å². The van der Waals surface area contributed by atoms with E-state index in [2.05, 4.69) is 0 Å². The summed E-state index contributed by atoms with van der Waals surface area (Å²) < 4.78 is 25.5. The Morgan fingerprint density at radius 2 is 1.04 bits per heavy atom. The molecule has 0 spiro atoms. The molecule has 274 valence electrons. The maximum atomic E-state index is 10.00. The van der Waals surface area contributed by atoms with Crippen molar-refractivity contribution in [3.05, 3.63) is 0 Å². The third kappa shape index (κ3) is 9.21. The van der Waals surface area contributed by atoms with Crippen LogP contribution < -0.4 is 0 Å². The minimum Gasteiger partial charge on any atom is -0.394 e. The molecular weight excluding hydrogens is 640 g/mol. The maximum absolute atomic E-state index is 10.00. The molecule has 0 aliphatic carbocycles. The summed E-state index contributed by atoms with van der Waals surface area (Å²) in [5.74, 6) is -2.37. The Kier molecular flexibility index (Phi) is 16.3. The number of rotatable bonds is 13. The molecule has 17 N–H and O–H groups in total. The van der Waals surface area contributed by atoms with Gasteiger partial charge in [-0.1, -0.05) is 0 Å². The van der Waals surface area contributed by atoms with Gasteiger partial charge in [0.05, 0.1) is 39.6 Å². The summed E-state index contributed by atoms with van der Waals surface area (Å²) >= 11 is 0. The van der Waals surface area contributed by atoms with E-state index in [1.165, 1.54) is 0 Å². The highest BCUT2D eigenvalue weighted by Gasteiger charge is 2.56. The molecule has 22 heteroatoms. The number of hydrogen-bond acceptors (Lipinski definition) is 22. The first-order valence-electron chi connectivity index (χ1n) is 14.0. The summed E-state index contributed by atoms with van der Waals surface area (Å²) in [6.45, 7) is -4.77. The van der Waals surface area contributed by atoms with Crippen LogP contribution in [0.1, 0.15) is 0 Å². The molecule has 0 amide bonds. The fraction of sp³-hybridized carbons (Fsp3) is 1.00. The van der Waals surface area contributed by atoms with Crippen LogP contribution >= 0.6 is 0 Å². The van der Waals surface area contributed by atoms with Gasteiger partial charge in [-0.2, -0.15) is 0 Å². The Labute approximate surface area is 260 Å². The van der Waals surface area contributed by atoms with Crippen molar-refractivity contribution < 1.29 is 110 Å². The van der Waals surface area contributed by atoms with Crippen LogP contribution in [0, 0.1) is 0 Å². The van der Waals surface area contributed by atoms with Crippen molar-refractivity contribution in [1.29, 1.82) is 0 Å². The lowest BCUT2D eigenvalue weighted by Crippen LogP contribution is -2.61. The zero-order valence-electron chi connectivity index (χ0n) is 24.2. The molecule has 3 aliphatic heterocycles. The lowest BCUT2D eigenvalue weighted by molar-refractivity contribution is -0.327. The zero-order valence-corrected chi connectivity index (χ0v) is 24.2. The number of aliphatic hydroxyl groups excluding tert-OH is 16. The van der Waals surface area contributed by atoms with E-state index in [4.69, 9.17) is 49.2 Å². The van der Waals surface area contributed by atoms with E-state index in [0.717, 1.165) is 0 Å². The lowest BCUT2D eigenvalue weighted by Gasteiger charge is -2.42. The highest BCUT2D eigenvalue weighted by molar-refractivity contribution is 4.98. The van der Waals surface area contributed by atoms with E-state index in [0.29, 0.717) is 0 Å². The summed E-state index contributed by atoms with van der Waals surface area (Å²) in [5.41, 5.74) is 0. The zero-order chi connectivity index (χ0) is 35.1. The van der Waals surface area contributed by atoms with Crippen molar-refractivity contribution in [3.63, 3.8) is 0 Å². The molecule has 0 aromatic carbocycles. The smallest absolute Gasteiger partial charge is 0.219 e. The third-order valence-corrected chi connectivity index (χ3v) is 7.67. The number of ether oxygens (including phenoxy) is 5. The minimum atomic E-state index is -2.37. The molecule has 22 nitrogen and oxygen atoms in total. The fourth-order valence-corrected chi connectivity index (χ4v) is 4.79. The van der Waals surface area contributed by atoms with Crippen LogP contribution in [-0.4, -0.2) is 236 Å². The topological polar surface area (TPSA) is 390 Å². The monoisotopic (exact) mass is 686 g/mol. The van der Waals surface area contributed by atoms with E-state index in [9.17, 15) is 61.3 Å². The van der Waals surface area contributed by atoms with Crippen LogP contribution in [-0.2, 0) is 23.7 Å². The lowest BCUT2D eigenvalue weighted by atomic mass is 9.98. The molecule has 3 heterocycles. The van der Waals surface area contributed by atoms with Crippen LogP contribution in [0.2, 0.25) is 0 Å². The van der Waals surface area contributed by atoms with Crippen LogP contribution in [0.5, 0.6) is 0 Å². The standard InChI is InChI=1S/C12H22O11.C12H24O11/c13-1-4-6(16)7(17)8(18)11(21-4)22-9-5(2-14)23-12(20,3-15)10(9)19;13-1-4(16)7(18)11(5(17)2-14)23-12-10(21)9(20)8(19)6(3-15)22-12/h4-11,13-20H,1-3H2;4-21H,1-3H2/t4-,5-,6+,7+,8-,9-,10+,11+,12-;4-,5+,6+,7+,8+,9-,10+,11+,12+/m10/s1. The van der Waals surface area contributed by atoms with Gasteiger partial charge in [-0.3, -0.25) is 0 Å². The Bertz CT molecular complexity index is 832. The van der Waals surface area contributed by atoms with Gasteiger partial charge in [0.25, 0.3) is 0 Å². The van der Waals surface area contributed by atoms with Crippen molar-refractivity contribution in [2.75, 3.05) is 39.6 Å². The average Bonchev–Trinajstić information content (AvgIpc) is 3.31. The summed E-state index contributed by atoms with van der Waals surface area (Å²) in [5, 5.41) is 161. The summed E-state index contributed by atoms with van der Waals surface area (Å²) in [6.07, 6.45) is -27.3. The SMILES string of the molecule is OC[C@@H](O)[C@@H](O[C@H]1O[C@H](CO)[C@@H](O)[C@H](O)[C@H]1O)[C@H](O)[C@@H](O)CO.OC[C@H]1O[C@@H](O[C@@H]2[C@@H](CO)O[C@](O)(CO)[C@H]2O)[C@H](O)[C@@H](O)[C@H]1O. The minimum absolute atomic E-state index is 0.668. The Hall–Kier alpha value is -0.880. The van der Waals surface area contributed by atoms with Crippen LogP contribution in [0.4, 0.5) is 0 Å². The molecule has 0 aromatic rings. The van der Waals surface area contributed by atoms with Crippen LogP contribution in [0.25, 0.3) is 0 Å². The van der Waals surface area contributed by atoms with E-state index < -0.39 is 150 Å². The van der Waals surface area contributed by atoms with Gasteiger partial charge < -0.3 is 110 Å². The molecule has 3 aliphatic rings. The fourth-order valence-electron chi connectivity index (χ4n) is 4.79. The molecule has 0 bridgehead atoms. The van der Waals surface area contributed by atoms with Crippen molar-refractivity contribution >= 4 is 0 Å². The molecular formula is C24H46O22. The molecule has 3 fully saturated rings. The highest BCUT2D eigenvalue weighted by Crippen LogP contribution is 2.34. The second-order valence-corrected chi connectivity index (χ2v) is 10.9. The largest absolute Gasteiger partial charge is 0.394 e. The first-order valence-corrected chi connectivity index (χ1v) is 14.0. The molecule has 18 atom stereocenters. The Morgan fingerprint density at radius 1 is 0.587 bits per heavy atom. The first kappa shape index (κ1) is 41.3. The normalized spacial score (nSPS) is 44.2. The van der Waals surface area contributed by atoms with Gasteiger partial charge in [0, 0.05) is 0 Å². The van der Waals surface area contributed by atoms with Gasteiger partial charge in [0.15, 0.2) is 12.6 Å². The second kappa shape index (κ2) is 18.2. The van der Waals surface area contributed by atoms with E-state index in [-0.39, 0.29) is 0 Å². The quantitative estimate of drug-likeness (QED) is 0.0854. The van der Waals surface area contributed by atoms with Gasteiger partial charge in [0.1, 0.15) is 91.6 Å². The van der Waals surface area contributed by atoms with E-state index in [1.807, 2.05) is 0 Å². The summed E-state index contributed by atoms with van der Waals surface area (Å²) in [4.78, 5) is 0. The summed E-state index contributed by atoms with van der Waals surface area (Å²) in [7, 11) is 0. The Balaban J connectivity index is 0.000000320. The van der Waals surface area contributed by atoms with Gasteiger partial charge in [-0.15, -0.1) is 0 Å². The average molecular weight is 687 g/mol. The number of hydrogen-bond donors (Lipinski definition) is 17. The second-order valence-electron chi connectivity index (χ2n) is 10.9. The first-order chi connectivity index (χ1) is 21.6. The third-order valence-electron chi connectivity index (χ3n) is 7.67. The predicted molar refractivity (Wildman–Crippen MR) is 139 cm³/mol. The maximum Gasteiger partial charge on any atom is 0.219 e. The molecule has 46 heavy (non-hydrogen) atoms. The molecule has 0 radical (unpaired) electrons. The van der Waals surface area contributed by atoms with Crippen molar-refractivity contribution in [2.24, 2.45) is 0 Å². The Morgan fingerprint density at radius 3 is 1.48 bits per heavy atom.